The van der Waals surface area contributed by atoms with Crippen LogP contribution in [-0.2, 0) is 14.3 Å². The number of nitrogens with zero attached hydrogens (tertiary/aromatic N) is 2. The van der Waals surface area contributed by atoms with E-state index >= 15 is 0 Å². The molecule has 9 heteroatoms. The van der Waals surface area contributed by atoms with Crippen LogP contribution in [0.4, 0.5) is 10.2 Å². The standard InChI is InChI=1S/C25H24FN3O5/c1-16-15-21(28-34-16)27-23(30)22(17-5-3-2-4-6-17)33-25(32)19-11-13-29(14-12-19)24(31)18-7-9-20(26)10-8-18/h2-10,15,19,22H,11-14H2,1H3,(H,27,28,30)/t22-/m0/s1. The van der Waals surface area contributed by atoms with Gasteiger partial charge in [0.2, 0.25) is 6.10 Å². The number of hydrogen-bond donors (Lipinski definition) is 1. The summed E-state index contributed by atoms with van der Waals surface area (Å²) >= 11 is 0. The average Bonchev–Trinajstić information content (AvgIpc) is 3.27. The van der Waals surface area contributed by atoms with Gasteiger partial charge in [-0.25, -0.2) is 4.39 Å². The van der Waals surface area contributed by atoms with E-state index in [-0.39, 0.29) is 11.7 Å². The fourth-order valence-electron chi connectivity index (χ4n) is 3.82. The first-order chi connectivity index (χ1) is 16.4. The highest BCUT2D eigenvalue weighted by atomic mass is 19.1. The van der Waals surface area contributed by atoms with Crippen LogP contribution in [0.1, 0.15) is 40.6 Å². The molecule has 2 amide bonds. The maximum absolute atomic E-state index is 13.1. The van der Waals surface area contributed by atoms with E-state index < -0.39 is 29.7 Å². The summed E-state index contributed by atoms with van der Waals surface area (Å²) in [4.78, 5) is 40.1. The highest BCUT2D eigenvalue weighted by Gasteiger charge is 2.33. The number of rotatable bonds is 6. The van der Waals surface area contributed by atoms with Crippen molar-refractivity contribution in [1.29, 1.82) is 0 Å². The van der Waals surface area contributed by atoms with Crippen LogP contribution in [0.3, 0.4) is 0 Å². The van der Waals surface area contributed by atoms with Gasteiger partial charge in [-0.05, 0) is 44.0 Å². The number of nitrogens with one attached hydrogen (secondary N) is 1. The third-order valence-electron chi connectivity index (χ3n) is 5.66. The zero-order valence-electron chi connectivity index (χ0n) is 18.6. The molecule has 34 heavy (non-hydrogen) atoms. The maximum atomic E-state index is 13.1. The number of esters is 1. The lowest BCUT2D eigenvalue weighted by atomic mass is 9.96. The van der Waals surface area contributed by atoms with Gasteiger partial charge < -0.3 is 19.5 Å². The summed E-state index contributed by atoms with van der Waals surface area (Å²) in [5, 5.41) is 6.36. The highest BCUT2D eigenvalue weighted by molar-refractivity contribution is 5.96. The van der Waals surface area contributed by atoms with Crippen LogP contribution in [0.25, 0.3) is 0 Å². The van der Waals surface area contributed by atoms with Gasteiger partial charge in [0.15, 0.2) is 5.82 Å². The fourth-order valence-corrected chi connectivity index (χ4v) is 3.82. The molecule has 2 heterocycles. The Kier molecular flexibility index (Phi) is 7.01. The quantitative estimate of drug-likeness (QED) is 0.554. The van der Waals surface area contributed by atoms with Crippen LogP contribution in [-0.4, -0.2) is 40.9 Å². The molecule has 0 bridgehead atoms. The Morgan fingerprint density at radius 2 is 1.76 bits per heavy atom. The smallest absolute Gasteiger partial charge is 0.310 e. The molecule has 1 aliphatic heterocycles. The first-order valence-corrected chi connectivity index (χ1v) is 10.9. The van der Waals surface area contributed by atoms with Gasteiger partial charge in [0, 0.05) is 30.3 Å². The number of halogens is 1. The number of carbonyl (C=O) groups excluding carboxylic acids is 3. The molecule has 0 spiro atoms. The monoisotopic (exact) mass is 465 g/mol. The topological polar surface area (TPSA) is 102 Å². The maximum Gasteiger partial charge on any atom is 0.310 e. The Bertz CT molecular complexity index is 1150. The Morgan fingerprint density at radius 3 is 2.38 bits per heavy atom. The van der Waals surface area contributed by atoms with Crippen molar-refractivity contribution in [3.63, 3.8) is 0 Å². The summed E-state index contributed by atoms with van der Waals surface area (Å²) in [7, 11) is 0. The third kappa shape index (κ3) is 5.48. The van der Waals surface area contributed by atoms with E-state index in [1.54, 1.807) is 48.2 Å². The molecule has 8 nitrogen and oxygen atoms in total. The normalized spacial score (nSPS) is 14.9. The summed E-state index contributed by atoms with van der Waals surface area (Å²) < 4.78 is 23.8. The molecule has 1 N–H and O–H groups in total. The summed E-state index contributed by atoms with van der Waals surface area (Å²) in [5.74, 6) is -1.36. The van der Waals surface area contributed by atoms with Crippen molar-refractivity contribution in [3.05, 3.63) is 83.4 Å². The lowest BCUT2D eigenvalue weighted by Crippen LogP contribution is -2.41. The van der Waals surface area contributed by atoms with Gasteiger partial charge in [-0.2, -0.15) is 0 Å². The van der Waals surface area contributed by atoms with Crippen molar-refractivity contribution in [2.24, 2.45) is 5.92 Å². The van der Waals surface area contributed by atoms with E-state index in [1.165, 1.54) is 24.3 Å². The SMILES string of the molecule is Cc1cc(NC(=O)[C@@H](OC(=O)C2CCN(C(=O)c3ccc(F)cc3)CC2)c2ccccc2)no1. The van der Waals surface area contributed by atoms with Crippen LogP contribution in [0, 0.1) is 18.7 Å². The number of aryl methyl sites for hydroxylation is 1. The zero-order valence-corrected chi connectivity index (χ0v) is 18.6. The molecule has 176 valence electrons. The van der Waals surface area contributed by atoms with Gasteiger partial charge in [0.25, 0.3) is 11.8 Å². The molecule has 0 unspecified atom stereocenters. The Balaban J connectivity index is 1.39. The van der Waals surface area contributed by atoms with E-state index in [2.05, 4.69) is 10.5 Å². The lowest BCUT2D eigenvalue weighted by Gasteiger charge is -2.31. The number of piperidine rings is 1. The van der Waals surface area contributed by atoms with Gasteiger partial charge in [-0.15, -0.1) is 0 Å². The number of likely N-dealkylation sites (tertiary alicyclic amines) is 1. The number of hydrogen-bond acceptors (Lipinski definition) is 6. The summed E-state index contributed by atoms with van der Waals surface area (Å²) in [6.07, 6.45) is -0.362. The fraction of sp³-hybridized carbons (Fsp3) is 0.280. The summed E-state index contributed by atoms with van der Waals surface area (Å²) in [5.41, 5.74) is 0.920. The van der Waals surface area contributed by atoms with Crippen molar-refractivity contribution in [2.75, 3.05) is 18.4 Å². The van der Waals surface area contributed by atoms with Gasteiger partial charge >= 0.3 is 5.97 Å². The molecule has 2 aromatic carbocycles. The predicted molar refractivity (Wildman–Crippen MR) is 120 cm³/mol. The number of anilines is 1. The minimum Gasteiger partial charge on any atom is -0.447 e. The number of benzene rings is 2. The van der Waals surface area contributed by atoms with Crippen molar-refractivity contribution >= 4 is 23.6 Å². The average molecular weight is 465 g/mol. The molecule has 1 aromatic heterocycles. The minimum atomic E-state index is -1.16. The van der Waals surface area contributed by atoms with Crippen molar-refractivity contribution in [1.82, 2.24) is 10.1 Å². The predicted octanol–water partition coefficient (Wildman–Crippen LogP) is 3.90. The van der Waals surface area contributed by atoms with Crippen LogP contribution >= 0.6 is 0 Å². The molecule has 0 radical (unpaired) electrons. The molecule has 0 aliphatic carbocycles. The Hall–Kier alpha value is -4.01. The third-order valence-corrected chi connectivity index (χ3v) is 5.66. The highest BCUT2D eigenvalue weighted by Crippen LogP contribution is 2.26. The zero-order chi connectivity index (χ0) is 24.1. The van der Waals surface area contributed by atoms with E-state index in [0.29, 0.717) is 42.8 Å². The van der Waals surface area contributed by atoms with Crippen LogP contribution in [0.5, 0.6) is 0 Å². The van der Waals surface area contributed by atoms with Crippen molar-refractivity contribution in [3.8, 4) is 0 Å². The second kappa shape index (κ2) is 10.3. The summed E-state index contributed by atoms with van der Waals surface area (Å²) in [6.45, 7) is 2.41. The van der Waals surface area contributed by atoms with Crippen molar-refractivity contribution in [2.45, 2.75) is 25.9 Å². The number of aromatic nitrogens is 1. The molecule has 1 aliphatic rings. The first-order valence-electron chi connectivity index (χ1n) is 10.9. The molecule has 3 aromatic rings. The molecule has 1 saturated heterocycles. The summed E-state index contributed by atoms with van der Waals surface area (Å²) in [6, 6.07) is 15.6. The second-order valence-corrected chi connectivity index (χ2v) is 8.11. The van der Waals surface area contributed by atoms with Crippen molar-refractivity contribution < 1.29 is 28.0 Å². The number of carbonyl (C=O) groups is 3. The molecule has 1 atom stereocenters. The lowest BCUT2D eigenvalue weighted by molar-refractivity contribution is -0.160. The van der Waals surface area contributed by atoms with Gasteiger partial charge in [0.05, 0.1) is 5.92 Å². The number of ether oxygens (including phenoxy) is 1. The van der Waals surface area contributed by atoms with Crippen LogP contribution in [0.15, 0.2) is 65.2 Å². The van der Waals surface area contributed by atoms with Crippen LogP contribution in [0.2, 0.25) is 0 Å². The van der Waals surface area contributed by atoms with E-state index in [4.69, 9.17) is 9.26 Å². The molecule has 1 fully saturated rings. The van der Waals surface area contributed by atoms with Gasteiger partial charge in [0.1, 0.15) is 11.6 Å². The molecule has 4 rings (SSSR count). The molecule has 0 saturated carbocycles. The minimum absolute atomic E-state index is 0.212. The largest absolute Gasteiger partial charge is 0.447 e. The van der Waals surface area contributed by atoms with E-state index in [0.717, 1.165) is 0 Å². The van der Waals surface area contributed by atoms with E-state index in [9.17, 15) is 18.8 Å². The second-order valence-electron chi connectivity index (χ2n) is 8.11. The first kappa shape index (κ1) is 23.2. The van der Waals surface area contributed by atoms with Gasteiger partial charge in [-0.1, -0.05) is 35.5 Å². The molecular weight excluding hydrogens is 441 g/mol. The number of amides is 2. The Labute approximate surface area is 195 Å². The van der Waals surface area contributed by atoms with Gasteiger partial charge in [-0.3, -0.25) is 14.4 Å². The van der Waals surface area contributed by atoms with Crippen LogP contribution < -0.4 is 5.32 Å². The Morgan fingerprint density at radius 1 is 1.09 bits per heavy atom. The molecular formula is C25H24FN3O5. The van der Waals surface area contributed by atoms with E-state index in [1.807, 2.05) is 0 Å².